The average molecular weight is 462 g/mol. The van der Waals surface area contributed by atoms with Gasteiger partial charge in [0.15, 0.2) is 0 Å². The minimum atomic E-state index is -0.169. The highest BCUT2D eigenvalue weighted by molar-refractivity contribution is 6.31. The first-order valence-electron chi connectivity index (χ1n) is 10.4. The zero-order valence-electron chi connectivity index (χ0n) is 18.4. The minimum Gasteiger partial charge on any atom is -0.497 e. The largest absolute Gasteiger partial charge is 0.497 e. The van der Waals surface area contributed by atoms with E-state index in [9.17, 15) is 4.79 Å². The van der Waals surface area contributed by atoms with Gasteiger partial charge in [-0.3, -0.25) is 9.36 Å². The van der Waals surface area contributed by atoms with Crippen molar-refractivity contribution >= 4 is 34.7 Å². The summed E-state index contributed by atoms with van der Waals surface area (Å²) in [6, 6.07) is 18.5. The molecule has 0 spiro atoms. The van der Waals surface area contributed by atoms with Crippen LogP contribution in [0.2, 0.25) is 5.02 Å². The molecule has 1 heterocycles. The third kappa shape index (κ3) is 4.92. The summed E-state index contributed by atoms with van der Waals surface area (Å²) >= 11 is 6.16. The summed E-state index contributed by atoms with van der Waals surface area (Å²) < 4.78 is 12.4. The number of aromatic nitrogens is 2. The number of hydrogen-bond acceptors (Lipinski definition) is 5. The smallest absolute Gasteiger partial charge is 0.261 e. The van der Waals surface area contributed by atoms with E-state index in [-0.39, 0.29) is 5.56 Å². The van der Waals surface area contributed by atoms with Crippen LogP contribution < -0.4 is 20.8 Å². The molecule has 3 aromatic carbocycles. The summed E-state index contributed by atoms with van der Waals surface area (Å²) in [6.07, 6.45) is 3.66. The van der Waals surface area contributed by atoms with Gasteiger partial charge < -0.3 is 15.2 Å². The fraction of sp³-hybridized carbons (Fsp3) is 0.154. The molecule has 0 aliphatic rings. The molecule has 0 unspecified atom stereocenters. The maximum atomic E-state index is 13.5. The number of benzene rings is 3. The van der Waals surface area contributed by atoms with Gasteiger partial charge in [-0.05, 0) is 59.7 Å². The molecule has 0 fully saturated rings. The molecule has 33 heavy (non-hydrogen) atoms. The van der Waals surface area contributed by atoms with Gasteiger partial charge in [-0.1, -0.05) is 35.9 Å². The Balaban J connectivity index is 1.86. The number of nitrogens with two attached hydrogens (primary N) is 1. The maximum absolute atomic E-state index is 13.5. The molecule has 0 radical (unpaired) electrons. The summed E-state index contributed by atoms with van der Waals surface area (Å²) in [6.45, 7) is 0.772. The summed E-state index contributed by atoms with van der Waals surface area (Å²) in [4.78, 5) is 18.2. The molecule has 1 aromatic heterocycles. The van der Waals surface area contributed by atoms with Crippen LogP contribution in [0.1, 0.15) is 22.5 Å². The normalized spacial score (nSPS) is 11.3. The third-order valence-corrected chi connectivity index (χ3v) is 5.60. The zero-order valence-corrected chi connectivity index (χ0v) is 19.2. The highest BCUT2D eigenvalue weighted by atomic mass is 35.5. The monoisotopic (exact) mass is 461 g/mol. The molecule has 168 valence electrons. The highest BCUT2D eigenvalue weighted by Gasteiger charge is 2.12. The van der Waals surface area contributed by atoms with Crippen molar-refractivity contribution in [1.29, 1.82) is 0 Å². The first-order chi connectivity index (χ1) is 16.0. The van der Waals surface area contributed by atoms with Crippen LogP contribution in [-0.2, 0) is 13.1 Å². The van der Waals surface area contributed by atoms with Crippen LogP contribution in [0.4, 0.5) is 0 Å². The Morgan fingerprint density at radius 2 is 1.82 bits per heavy atom. The van der Waals surface area contributed by atoms with E-state index in [1.54, 1.807) is 43.1 Å². The number of nitrogens with zero attached hydrogens (tertiary/aromatic N) is 2. The lowest BCUT2D eigenvalue weighted by molar-refractivity contribution is 0.402. The van der Waals surface area contributed by atoms with E-state index >= 15 is 0 Å². The lowest BCUT2D eigenvalue weighted by atomic mass is 10.1. The zero-order chi connectivity index (χ0) is 23.4. The third-order valence-electron chi connectivity index (χ3n) is 5.36. The Kier molecular flexibility index (Phi) is 6.77. The van der Waals surface area contributed by atoms with Crippen molar-refractivity contribution in [3.8, 4) is 11.5 Å². The van der Waals surface area contributed by atoms with Gasteiger partial charge >= 0.3 is 0 Å². The van der Waals surface area contributed by atoms with Crippen molar-refractivity contribution in [2.24, 2.45) is 5.73 Å². The standard InChI is InChI=1S/C26H24ClN3O3/c1-32-21-8-10-24(33-2)19(13-21)6-11-25-29-23-9-7-20(27)14-22(23)26(31)30(25)16-18-5-3-4-17(12-18)15-28/h3-14H,15-16,28H2,1-2H3. The summed E-state index contributed by atoms with van der Waals surface area (Å²) in [7, 11) is 3.22. The fourth-order valence-corrected chi connectivity index (χ4v) is 3.83. The number of halogens is 1. The second-order valence-electron chi connectivity index (χ2n) is 7.49. The van der Waals surface area contributed by atoms with Crippen molar-refractivity contribution in [1.82, 2.24) is 9.55 Å². The number of fused-ring (bicyclic) bond motifs is 1. The summed E-state index contributed by atoms with van der Waals surface area (Å²) in [5.41, 5.74) is 8.96. The fourth-order valence-electron chi connectivity index (χ4n) is 3.66. The van der Waals surface area contributed by atoms with Gasteiger partial charge in [-0.2, -0.15) is 0 Å². The molecule has 0 aliphatic heterocycles. The first-order valence-corrected chi connectivity index (χ1v) is 10.8. The van der Waals surface area contributed by atoms with Crippen LogP contribution in [0, 0.1) is 0 Å². The lowest BCUT2D eigenvalue weighted by Gasteiger charge is -2.13. The molecule has 4 aromatic rings. The van der Waals surface area contributed by atoms with Crippen LogP contribution in [-0.4, -0.2) is 23.8 Å². The van der Waals surface area contributed by atoms with E-state index in [2.05, 4.69) is 0 Å². The molecule has 7 heteroatoms. The van der Waals surface area contributed by atoms with Crippen molar-refractivity contribution in [2.45, 2.75) is 13.1 Å². The van der Waals surface area contributed by atoms with E-state index < -0.39 is 0 Å². The van der Waals surface area contributed by atoms with Gasteiger partial charge in [0.2, 0.25) is 0 Å². The quantitative estimate of drug-likeness (QED) is 0.430. The molecule has 0 amide bonds. The van der Waals surface area contributed by atoms with Crippen molar-refractivity contribution in [3.05, 3.63) is 98.6 Å². The van der Waals surface area contributed by atoms with Gasteiger partial charge in [0, 0.05) is 17.1 Å². The predicted octanol–water partition coefficient (Wildman–Crippen LogP) is 4.74. The SMILES string of the molecule is COc1ccc(OC)c(C=Cc2nc3ccc(Cl)cc3c(=O)n2Cc2cccc(CN)c2)c1. The van der Waals surface area contributed by atoms with E-state index in [4.69, 9.17) is 31.8 Å². The molecular weight excluding hydrogens is 438 g/mol. The molecule has 6 nitrogen and oxygen atoms in total. The van der Waals surface area contributed by atoms with E-state index in [0.29, 0.717) is 46.3 Å². The lowest BCUT2D eigenvalue weighted by Crippen LogP contribution is -2.24. The number of ether oxygens (including phenoxy) is 2. The van der Waals surface area contributed by atoms with Crippen molar-refractivity contribution in [2.75, 3.05) is 14.2 Å². The summed E-state index contributed by atoms with van der Waals surface area (Å²) in [5, 5.41) is 0.955. The molecule has 0 atom stereocenters. The van der Waals surface area contributed by atoms with Crippen molar-refractivity contribution < 1.29 is 9.47 Å². The number of hydrogen-bond donors (Lipinski definition) is 1. The summed E-state index contributed by atoms with van der Waals surface area (Å²) in [5.74, 6) is 1.90. The number of methoxy groups -OCH3 is 2. The van der Waals surface area contributed by atoms with E-state index in [0.717, 1.165) is 16.7 Å². The molecule has 0 saturated heterocycles. The van der Waals surface area contributed by atoms with E-state index in [1.165, 1.54) is 0 Å². The van der Waals surface area contributed by atoms with Crippen molar-refractivity contribution in [3.63, 3.8) is 0 Å². The molecular formula is C26H24ClN3O3. The van der Waals surface area contributed by atoms with Crippen LogP contribution in [0.25, 0.3) is 23.1 Å². The van der Waals surface area contributed by atoms with Crippen LogP contribution in [0.5, 0.6) is 11.5 Å². The molecule has 0 bridgehead atoms. The van der Waals surface area contributed by atoms with Gasteiger partial charge in [-0.25, -0.2) is 4.98 Å². The van der Waals surface area contributed by atoms with Gasteiger partial charge in [-0.15, -0.1) is 0 Å². The molecule has 0 aliphatic carbocycles. The number of rotatable bonds is 7. The first kappa shape index (κ1) is 22.6. The second-order valence-corrected chi connectivity index (χ2v) is 7.92. The Morgan fingerprint density at radius 1 is 1.00 bits per heavy atom. The Hall–Kier alpha value is -3.61. The van der Waals surface area contributed by atoms with Crippen LogP contribution in [0.3, 0.4) is 0 Å². The molecule has 0 saturated carbocycles. The van der Waals surface area contributed by atoms with Crippen LogP contribution in [0.15, 0.2) is 65.5 Å². The van der Waals surface area contributed by atoms with Gasteiger partial charge in [0.25, 0.3) is 5.56 Å². The van der Waals surface area contributed by atoms with Crippen LogP contribution >= 0.6 is 11.6 Å². The average Bonchev–Trinajstić information content (AvgIpc) is 2.85. The minimum absolute atomic E-state index is 0.169. The maximum Gasteiger partial charge on any atom is 0.261 e. The molecule has 4 rings (SSSR count). The topological polar surface area (TPSA) is 79.4 Å². The molecule has 2 N–H and O–H groups in total. The van der Waals surface area contributed by atoms with Gasteiger partial charge in [0.1, 0.15) is 17.3 Å². The van der Waals surface area contributed by atoms with Gasteiger partial charge in [0.05, 0.1) is 31.7 Å². The Labute approximate surface area is 196 Å². The Morgan fingerprint density at radius 3 is 2.58 bits per heavy atom. The Bertz CT molecular complexity index is 1400. The van der Waals surface area contributed by atoms with E-state index in [1.807, 2.05) is 48.5 Å². The predicted molar refractivity (Wildman–Crippen MR) is 133 cm³/mol. The second kappa shape index (κ2) is 9.90. The highest BCUT2D eigenvalue weighted by Crippen LogP contribution is 2.26.